The van der Waals surface area contributed by atoms with Crippen molar-refractivity contribution in [3.8, 4) is 0 Å². The zero-order chi connectivity index (χ0) is 19.3. The van der Waals surface area contributed by atoms with Gasteiger partial charge >= 0.3 is 6.18 Å². The van der Waals surface area contributed by atoms with E-state index >= 15 is 0 Å². The summed E-state index contributed by atoms with van der Waals surface area (Å²) in [7, 11) is 0. The SMILES string of the molecule is Cc1ccc(CN(CCCn2ccnc2)Cc2ccc(C(F)(F)F)cc2)o1. The minimum Gasteiger partial charge on any atom is -0.465 e. The first-order valence-electron chi connectivity index (χ1n) is 8.80. The predicted molar refractivity (Wildman–Crippen MR) is 95.8 cm³/mol. The molecule has 0 atom stereocenters. The Labute approximate surface area is 156 Å². The predicted octanol–water partition coefficient (Wildman–Crippen LogP) is 4.90. The molecular formula is C20H22F3N3O. The smallest absolute Gasteiger partial charge is 0.416 e. The van der Waals surface area contributed by atoms with Gasteiger partial charge in [0.05, 0.1) is 18.4 Å². The van der Waals surface area contributed by atoms with Crippen LogP contribution in [-0.4, -0.2) is 21.0 Å². The second-order valence-corrected chi connectivity index (χ2v) is 6.57. The molecule has 27 heavy (non-hydrogen) atoms. The fourth-order valence-electron chi connectivity index (χ4n) is 2.96. The number of alkyl halides is 3. The Morgan fingerprint density at radius 1 is 1.07 bits per heavy atom. The Balaban J connectivity index is 1.64. The van der Waals surface area contributed by atoms with Gasteiger partial charge in [0.1, 0.15) is 11.5 Å². The van der Waals surface area contributed by atoms with Crippen LogP contribution in [0.4, 0.5) is 13.2 Å². The molecule has 3 aromatic rings. The fourth-order valence-corrected chi connectivity index (χ4v) is 2.96. The summed E-state index contributed by atoms with van der Waals surface area (Å²) < 4.78 is 45.9. The van der Waals surface area contributed by atoms with Crippen molar-refractivity contribution in [2.75, 3.05) is 6.54 Å². The van der Waals surface area contributed by atoms with Crippen LogP contribution in [0.15, 0.2) is 59.5 Å². The Kier molecular flexibility index (Phi) is 6.01. The van der Waals surface area contributed by atoms with Crippen LogP contribution in [0, 0.1) is 6.92 Å². The lowest BCUT2D eigenvalue weighted by Gasteiger charge is -2.22. The van der Waals surface area contributed by atoms with Crippen molar-refractivity contribution in [1.29, 1.82) is 0 Å². The van der Waals surface area contributed by atoms with Gasteiger partial charge in [0, 0.05) is 32.0 Å². The van der Waals surface area contributed by atoms with Crippen LogP contribution in [0.5, 0.6) is 0 Å². The van der Waals surface area contributed by atoms with E-state index in [1.54, 1.807) is 24.7 Å². The van der Waals surface area contributed by atoms with Crippen molar-refractivity contribution in [2.45, 2.75) is 39.2 Å². The lowest BCUT2D eigenvalue weighted by Crippen LogP contribution is -2.24. The van der Waals surface area contributed by atoms with E-state index in [-0.39, 0.29) is 0 Å². The maximum Gasteiger partial charge on any atom is 0.416 e. The van der Waals surface area contributed by atoms with E-state index in [4.69, 9.17) is 4.42 Å². The van der Waals surface area contributed by atoms with Gasteiger partial charge in [-0.3, -0.25) is 4.90 Å². The van der Waals surface area contributed by atoms with Gasteiger partial charge < -0.3 is 8.98 Å². The summed E-state index contributed by atoms with van der Waals surface area (Å²) in [5.74, 6) is 1.69. The Hall–Kier alpha value is -2.54. The number of halogens is 3. The van der Waals surface area contributed by atoms with Crippen LogP contribution in [0.25, 0.3) is 0 Å². The minimum atomic E-state index is -4.31. The van der Waals surface area contributed by atoms with Crippen LogP contribution in [0.2, 0.25) is 0 Å². The molecule has 0 N–H and O–H groups in total. The first kappa shape index (κ1) is 19.2. The Morgan fingerprint density at radius 2 is 1.85 bits per heavy atom. The van der Waals surface area contributed by atoms with E-state index in [0.717, 1.165) is 48.7 Å². The van der Waals surface area contributed by atoms with Crippen molar-refractivity contribution in [1.82, 2.24) is 14.5 Å². The third kappa shape index (κ3) is 5.72. The summed E-state index contributed by atoms with van der Waals surface area (Å²) in [6.07, 6.45) is 2.02. The summed E-state index contributed by atoms with van der Waals surface area (Å²) in [6, 6.07) is 9.20. The molecule has 3 rings (SSSR count). The fraction of sp³-hybridized carbons (Fsp3) is 0.350. The van der Waals surface area contributed by atoms with Crippen molar-refractivity contribution in [3.63, 3.8) is 0 Å². The van der Waals surface area contributed by atoms with Crippen LogP contribution in [0.1, 0.15) is 29.1 Å². The summed E-state index contributed by atoms with van der Waals surface area (Å²) >= 11 is 0. The van der Waals surface area contributed by atoms with Crippen molar-refractivity contribution in [3.05, 3.63) is 77.8 Å². The molecule has 2 aromatic heterocycles. The minimum absolute atomic E-state index is 0.557. The van der Waals surface area contributed by atoms with E-state index in [9.17, 15) is 13.2 Å². The molecule has 0 amide bonds. The van der Waals surface area contributed by atoms with Crippen molar-refractivity contribution in [2.24, 2.45) is 0 Å². The summed E-state index contributed by atoms with van der Waals surface area (Å²) in [4.78, 5) is 6.21. The average molecular weight is 377 g/mol. The Morgan fingerprint density at radius 3 is 2.44 bits per heavy atom. The van der Waals surface area contributed by atoms with Crippen LogP contribution < -0.4 is 0 Å². The molecule has 0 aliphatic rings. The number of hydrogen-bond acceptors (Lipinski definition) is 3. The molecule has 0 aliphatic carbocycles. The maximum atomic E-state index is 12.7. The van der Waals surface area contributed by atoms with Gasteiger partial charge in [-0.05, 0) is 43.2 Å². The van der Waals surface area contributed by atoms with Gasteiger partial charge in [-0.1, -0.05) is 12.1 Å². The Bertz CT molecular complexity index is 823. The van der Waals surface area contributed by atoms with Gasteiger partial charge in [-0.2, -0.15) is 13.2 Å². The van der Waals surface area contributed by atoms with Crippen molar-refractivity contribution < 1.29 is 17.6 Å². The van der Waals surface area contributed by atoms with E-state index in [0.29, 0.717) is 13.1 Å². The van der Waals surface area contributed by atoms with Gasteiger partial charge in [0.2, 0.25) is 0 Å². The van der Waals surface area contributed by atoms with Gasteiger partial charge in [0.15, 0.2) is 0 Å². The van der Waals surface area contributed by atoms with Crippen LogP contribution in [-0.2, 0) is 25.8 Å². The first-order valence-corrected chi connectivity index (χ1v) is 8.80. The van der Waals surface area contributed by atoms with Crippen LogP contribution >= 0.6 is 0 Å². The number of benzene rings is 1. The molecule has 0 spiro atoms. The summed E-state index contributed by atoms with van der Waals surface area (Å²) in [5.41, 5.74) is 0.216. The quantitative estimate of drug-likeness (QED) is 0.560. The topological polar surface area (TPSA) is 34.2 Å². The van der Waals surface area contributed by atoms with E-state index < -0.39 is 11.7 Å². The number of nitrogens with zero attached hydrogens (tertiary/aromatic N) is 3. The molecule has 0 aliphatic heterocycles. The standard InChI is InChI=1S/C20H22F3N3O/c1-16-3-8-19(27-16)14-26(11-2-10-25-12-9-24-15-25)13-17-4-6-18(7-5-17)20(21,22)23/h3-9,12,15H,2,10-11,13-14H2,1H3. The number of hydrogen-bond donors (Lipinski definition) is 0. The highest BCUT2D eigenvalue weighted by Crippen LogP contribution is 2.29. The summed E-state index contributed by atoms with van der Waals surface area (Å²) in [5, 5.41) is 0. The lowest BCUT2D eigenvalue weighted by molar-refractivity contribution is -0.137. The zero-order valence-electron chi connectivity index (χ0n) is 15.1. The molecule has 4 nitrogen and oxygen atoms in total. The number of aromatic nitrogens is 2. The number of rotatable bonds is 8. The normalized spacial score (nSPS) is 12.0. The molecule has 1 aromatic carbocycles. The monoisotopic (exact) mass is 377 g/mol. The molecule has 0 unspecified atom stereocenters. The third-order valence-electron chi connectivity index (χ3n) is 4.31. The summed E-state index contributed by atoms with van der Waals surface area (Å²) in [6.45, 7) is 4.68. The van der Waals surface area contributed by atoms with E-state index in [2.05, 4.69) is 9.88 Å². The highest BCUT2D eigenvalue weighted by Gasteiger charge is 2.29. The van der Waals surface area contributed by atoms with E-state index in [1.165, 1.54) is 0 Å². The highest BCUT2D eigenvalue weighted by molar-refractivity contribution is 5.24. The molecule has 2 heterocycles. The third-order valence-corrected chi connectivity index (χ3v) is 4.31. The van der Waals surface area contributed by atoms with Crippen LogP contribution in [0.3, 0.4) is 0 Å². The number of aryl methyl sites for hydroxylation is 2. The molecule has 7 heteroatoms. The second-order valence-electron chi connectivity index (χ2n) is 6.57. The molecule has 144 valence electrons. The largest absolute Gasteiger partial charge is 0.465 e. The lowest BCUT2D eigenvalue weighted by atomic mass is 10.1. The second kappa shape index (κ2) is 8.43. The van der Waals surface area contributed by atoms with E-state index in [1.807, 2.05) is 29.8 Å². The molecule has 0 radical (unpaired) electrons. The molecule has 0 fully saturated rings. The first-order chi connectivity index (χ1) is 12.9. The molecular weight excluding hydrogens is 355 g/mol. The number of furan rings is 1. The van der Waals surface area contributed by atoms with Crippen molar-refractivity contribution >= 4 is 0 Å². The van der Waals surface area contributed by atoms with Gasteiger partial charge in [0.25, 0.3) is 0 Å². The van der Waals surface area contributed by atoms with Gasteiger partial charge in [-0.25, -0.2) is 4.98 Å². The van der Waals surface area contributed by atoms with Gasteiger partial charge in [-0.15, -0.1) is 0 Å². The molecule has 0 saturated heterocycles. The number of imidazole rings is 1. The molecule has 0 saturated carbocycles. The maximum absolute atomic E-state index is 12.7. The zero-order valence-corrected chi connectivity index (χ0v) is 15.1. The average Bonchev–Trinajstić information content (AvgIpc) is 3.26. The highest BCUT2D eigenvalue weighted by atomic mass is 19.4. The molecule has 0 bridgehead atoms.